The van der Waals surface area contributed by atoms with E-state index in [1.54, 1.807) is 19.1 Å². The van der Waals surface area contributed by atoms with Crippen LogP contribution in [-0.4, -0.2) is 30.5 Å². The molecule has 1 aliphatic heterocycles. The molecule has 1 aliphatic carbocycles. The number of anilines is 1. The van der Waals surface area contributed by atoms with Crippen molar-refractivity contribution in [2.75, 3.05) is 4.31 Å². The van der Waals surface area contributed by atoms with Crippen molar-refractivity contribution in [3.8, 4) is 0 Å². The number of hydrogen-bond donors (Lipinski definition) is 1. The summed E-state index contributed by atoms with van der Waals surface area (Å²) in [6, 6.07) is 13.5. The van der Waals surface area contributed by atoms with Crippen molar-refractivity contribution in [2.24, 2.45) is 0 Å². The summed E-state index contributed by atoms with van der Waals surface area (Å²) in [4.78, 5) is 17.7. The third-order valence-corrected chi connectivity index (χ3v) is 8.49. The molecule has 1 fully saturated rings. The minimum absolute atomic E-state index is 0.0922. The average molecular weight is 467 g/mol. The monoisotopic (exact) mass is 466 g/mol. The highest BCUT2D eigenvalue weighted by Crippen LogP contribution is 2.38. The van der Waals surface area contributed by atoms with E-state index in [-0.39, 0.29) is 22.4 Å². The lowest BCUT2D eigenvalue weighted by Crippen LogP contribution is -2.44. The second-order valence-corrected chi connectivity index (χ2v) is 10.7. The Bertz CT molecular complexity index is 1310. The number of carbonyl (C=O) groups excluding carboxylic acids is 1. The van der Waals surface area contributed by atoms with E-state index < -0.39 is 15.6 Å². The summed E-state index contributed by atoms with van der Waals surface area (Å²) in [5.74, 6) is 0.557. The molecule has 1 N–H and O–H groups in total. The fourth-order valence-electron chi connectivity index (χ4n) is 4.98. The molecule has 1 atom stereocenters. The smallest absolute Gasteiger partial charge is 0.264 e. The van der Waals surface area contributed by atoms with E-state index in [0.29, 0.717) is 36.7 Å². The van der Waals surface area contributed by atoms with Crippen LogP contribution in [0, 0.1) is 6.92 Å². The predicted molar refractivity (Wildman–Crippen MR) is 122 cm³/mol. The number of rotatable bonds is 5. The predicted octanol–water partition coefficient (Wildman–Crippen LogP) is 3.72. The minimum Gasteiger partial charge on any atom is -0.340 e. The van der Waals surface area contributed by atoms with Crippen LogP contribution < -0.4 is 9.62 Å². The lowest BCUT2D eigenvalue weighted by atomic mass is 9.96. The molecule has 172 valence electrons. The first kappa shape index (κ1) is 21.6. The van der Waals surface area contributed by atoms with Crippen LogP contribution in [0.4, 0.5) is 5.69 Å². The van der Waals surface area contributed by atoms with Crippen molar-refractivity contribution >= 4 is 21.6 Å². The van der Waals surface area contributed by atoms with E-state index in [4.69, 9.17) is 4.52 Å². The minimum atomic E-state index is -3.83. The number of aromatic nitrogens is 2. The van der Waals surface area contributed by atoms with Crippen LogP contribution in [-0.2, 0) is 22.0 Å². The second kappa shape index (κ2) is 7.98. The molecule has 0 saturated heterocycles. The van der Waals surface area contributed by atoms with Gasteiger partial charge in [0.05, 0.1) is 10.6 Å². The van der Waals surface area contributed by atoms with Crippen LogP contribution in [0.3, 0.4) is 0 Å². The van der Waals surface area contributed by atoms with Gasteiger partial charge < -0.3 is 9.84 Å². The van der Waals surface area contributed by atoms with Crippen LogP contribution in [0.5, 0.6) is 0 Å². The molecule has 33 heavy (non-hydrogen) atoms. The Balaban J connectivity index is 1.45. The molecule has 0 spiro atoms. The van der Waals surface area contributed by atoms with Crippen LogP contribution in [0.2, 0.25) is 0 Å². The summed E-state index contributed by atoms with van der Waals surface area (Å²) >= 11 is 0. The molecule has 2 aromatic carbocycles. The average Bonchev–Trinajstić information content (AvgIpc) is 3.52. The number of para-hydroxylation sites is 1. The van der Waals surface area contributed by atoms with Gasteiger partial charge in [-0.15, -0.1) is 0 Å². The number of sulfonamides is 1. The fourth-order valence-corrected chi connectivity index (χ4v) is 6.72. The number of nitrogens with zero attached hydrogens (tertiary/aromatic N) is 3. The van der Waals surface area contributed by atoms with Gasteiger partial charge in [-0.05, 0) is 56.0 Å². The second-order valence-electron chi connectivity index (χ2n) is 8.89. The van der Waals surface area contributed by atoms with Crippen LogP contribution in [0.15, 0.2) is 57.9 Å². The number of fused-ring (bicyclic) bond motifs is 1. The van der Waals surface area contributed by atoms with Gasteiger partial charge in [0, 0.05) is 18.5 Å². The maximum Gasteiger partial charge on any atom is 0.264 e. The summed E-state index contributed by atoms with van der Waals surface area (Å²) < 4.78 is 33.8. The van der Waals surface area contributed by atoms with Crippen LogP contribution in [0.1, 0.15) is 60.2 Å². The standard InChI is InChI=1S/C24H26N4O4S/c1-16-14-18-8-3-4-11-21(18)28(16)33(30,31)20-10-7-9-19(15-20)22(29)26-24(12-5-6-13-24)23-25-17(2)32-27-23/h3-4,7-11,15-16H,5-6,12-14H2,1-2H3,(H,26,29). The molecule has 1 aromatic heterocycles. The third kappa shape index (κ3) is 3.70. The lowest BCUT2D eigenvalue weighted by molar-refractivity contribution is 0.0891. The van der Waals surface area contributed by atoms with Crippen molar-refractivity contribution < 1.29 is 17.7 Å². The van der Waals surface area contributed by atoms with Gasteiger partial charge in [-0.2, -0.15) is 4.98 Å². The molecule has 1 unspecified atom stereocenters. The Morgan fingerprint density at radius 3 is 2.64 bits per heavy atom. The molecule has 0 bridgehead atoms. The van der Waals surface area contributed by atoms with E-state index in [2.05, 4.69) is 15.5 Å². The highest BCUT2D eigenvalue weighted by molar-refractivity contribution is 7.92. The Kier molecular flexibility index (Phi) is 5.23. The SMILES string of the molecule is Cc1nc(C2(NC(=O)c3cccc(S(=O)(=O)N4c5ccccc5CC4C)c3)CCCC2)no1. The van der Waals surface area contributed by atoms with E-state index in [1.807, 2.05) is 31.2 Å². The van der Waals surface area contributed by atoms with Crippen LogP contribution >= 0.6 is 0 Å². The van der Waals surface area contributed by atoms with Gasteiger partial charge >= 0.3 is 0 Å². The quantitative estimate of drug-likeness (QED) is 0.614. The van der Waals surface area contributed by atoms with E-state index in [0.717, 1.165) is 18.4 Å². The fraction of sp³-hybridized carbons (Fsp3) is 0.375. The molecular weight excluding hydrogens is 440 g/mol. The molecule has 2 heterocycles. The van der Waals surface area contributed by atoms with Crippen molar-refractivity contribution in [2.45, 2.75) is 62.4 Å². The Hall–Kier alpha value is -3.20. The summed E-state index contributed by atoms with van der Waals surface area (Å²) in [5.41, 5.74) is 1.27. The number of hydrogen-bond acceptors (Lipinski definition) is 6. The van der Waals surface area contributed by atoms with Crippen LogP contribution in [0.25, 0.3) is 0 Å². The molecule has 3 aromatic rings. The van der Waals surface area contributed by atoms with Gasteiger partial charge in [0.25, 0.3) is 15.9 Å². The maximum atomic E-state index is 13.6. The molecule has 1 saturated carbocycles. The first-order valence-electron chi connectivity index (χ1n) is 11.2. The maximum absolute atomic E-state index is 13.6. The summed E-state index contributed by atoms with van der Waals surface area (Å²) in [6.07, 6.45) is 3.95. The van der Waals surface area contributed by atoms with E-state index >= 15 is 0 Å². The Labute approximate surface area is 193 Å². The number of carbonyl (C=O) groups is 1. The highest BCUT2D eigenvalue weighted by atomic mass is 32.2. The molecule has 1 amide bonds. The molecule has 2 aliphatic rings. The lowest BCUT2D eigenvalue weighted by Gasteiger charge is -2.27. The summed E-state index contributed by atoms with van der Waals surface area (Å²) in [7, 11) is -3.83. The van der Waals surface area contributed by atoms with Crippen molar-refractivity contribution in [3.05, 3.63) is 71.4 Å². The van der Waals surface area contributed by atoms with Gasteiger partial charge in [0.1, 0.15) is 5.54 Å². The Morgan fingerprint density at radius 1 is 1.15 bits per heavy atom. The van der Waals surface area contributed by atoms with E-state index in [9.17, 15) is 13.2 Å². The van der Waals surface area contributed by atoms with Gasteiger partial charge in [-0.25, -0.2) is 8.42 Å². The molecule has 0 radical (unpaired) electrons. The highest BCUT2D eigenvalue weighted by Gasteiger charge is 2.42. The number of aryl methyl sites for hydroxylation is 1. The zero-order chi connectivity index (χ0) is 23.2. The summed E-state index contributed by atoms with van der Waals surface area (Å²) in [5, 5.41) is 7.13. The first-order valence-corrected chi connectivity index (χ1v) is 12.6. The molecule has 9 heteroatoms. The zero-order valence-corrected chi connectivity index (χ0v) is 19.4. The molecule has 5 rings (SSSR count). The van der Waals surface area contributed by atoms with Gasteiger partial charge in [-0.1, -0.05) is 42.3 Å². The number of amides is 1. The summed E-state index contributed by atoms with van der Waals surface area (Å²) in [6.45, 7) is 3.61. The van der Waals surface area contributed by atoms with Gasteiger partial charge in [-0.3, -0.25) is 9.10 Å². The molecular formula is C24H26N4O4S. The topological polar surface area (TPSA) is 105 Å². The van der Waals surface area contributed by atoms with Gasteiger partial charge in [0.2, 0.25) is 5.89 Å². The van der Waals surface area contributed by atoms with Crippen molar-refractivity contribution in [1.82, 2.24) is 15.5 Å². The third-order valence-electron chi connectivity index (χ3n) is 6.56. The Morgan fingerprint density at radius 2 is 1.91 bits per heavy atom. The number of nitrogens with one attached hydrogen (secondary N) is 1. The number of benzene rings is 2. The van der Waals surface area contributed by atoms with Crippen molar-refractivity contribution in [3.63, 3.8) is 0 Å². The van der Waals surface area contributed by atoms with E-state index in [1.165, 1.54) is 16.4 Å². The first-order chi connectivity index (χ1) is 15.8. The zero-order valence-electron chi connectivity index (χ0n) is 18.6. The largest absolute Gasteiger partial charge is 0.340 e. The van der Waals surface area contributed by atoms with Gasteiger partial charge in [0.15, 0.2) is 5.82 Å². The normalized spacial score (nSPS) is 19.5. The van der Waals surface area contributed by atoms with Crippen molar-refractivity contribution in [1.29, 1.82) is 0 Å². The molecule has 8 nitrogen and oxygen atoms in total.